The summed E-state index contributed by atoms with van der Waals surface area (Å²) in [5, 5.41) is 16.4. The summed E-state index contributed by atoms with van der Waals surface area (Å²) in [6.45, 7) is 0. The molecule has 0 unspecified atom stereocenters. The van der Waals surface area contributed by atoms with Gasteiger partial charge in [-0.05, 0) is 10.4 Å². The predicted octanol–water partition coefficient (Wildman–Crippen LogP) is 3.76. The molecule has 0 saturated heterocycles. The number of rotatable bonds is 0. The first-order valence-corrected chi connectivity index (χ1v) is 5.39. The Bertz CT molecular complexity index is 510. The second kappa shape index (κ2) is 7.68. The van der Waals surface area contributed by atoms with Gasteiger partial charge in [-0.1, -0.05) is 72.8 Å². The Kier molecular flexibility index (Phi) is 5.77. The maximum atomic E-state index is 8.56. The maximum absolute atomic E-state index is 8.56. The molecule has 18 heavy (non-hydrogen) atoms. The van der Waals surface area contributed by atoms with Crippen molar-refractivity contribution in [1.82, 2.24) is 0 Å². The summed E-state index contributed by atoms with van der Waals surface area (Å²) < 4.78 is 0. The quantitative estimate of drug-likeness (QED) is 0.739. The molecule has 3 nitrogen and oxygen atoms in total. The summed E-state index contributed by atoms with van der Waals surface area (Å²) in [7, 11) is 0. The second-order valence-corrected chi connectivity index (χ2v) is 3.40. The Morgan fingerprint density at radius 1 is 0.611 bits per heavy atom. The van der Waals surface area contributed by atoms with Crippen LogP contribution in [0.1, 0.15) is 0 Å². The summed E-state index contributed by atoms with van der Waals surface area (Å²) in [5.74, 6) is 0. The lowest BCUT2D eigenvalue weighted by Crippen LogP contribution is -1.81. The Hall–Kier alpha value is -2.55. The van der Waals surface area contributed by atoms with Gasteiger partial charge in [-0.2, -0.15) is 0 Å². The molecule has 0 bridgehead atoms. The molecular weight excluding hydrogens is 228 g/mol. The number of hydrogen-bond acceptors (Lipinski definition) is 1. The second-order valence-electron chi connectivity index (χ2n) is 3.40. The molecule has 0 aromatic heterocycles. The van der Waals surface area contributed by atoms with Crippen LogP contribution < -0.4 is 0 Å². The number of carbonyl (C=O) groups is 1. The maximum Gasteiger partial charge on any atom is 0.503 e. The summed E-state index contributed by atoms with van der Waals surface area (Å²) in [4.78, 5) is 8.56. The molecule has 0 radical (unpaired) electrons. The summed E-state index contributed by atoms with van der Waals surface area (Å²) in [5.41, 5.74) is 0. The third kappa shape index (κ3) is 5.51. The Labute approximate surface area is 105 Å². The predicted molar refractivity (Wildman–Crippen MR) is 70.0 cm³/mol. The van der Waals surface area contributed by atoms with Crippen LogP contribution in [0.15, 0.2) is 72.8 Å². The Balaban J connectivity index is 0.000000357. The van der Waals surface area contributed by atoms with E-state index in [1.165, 1.54) is 10.4 Å². The Morgan fingerprint density at radius 2 is 0.833 bits per heavy atom. The average Bonchev–Trinajstić information content (AvgIpc) is 2.24. The van der Waals surface area contributed by atoms with E-state index in [1.54, 1.807) is 0 Å². The highest BCUT2D eigenvalue weighted by Gasteiger charge is 1.77. The van der Waals surface area contributed by atoms with Gasteiger partial charge in [0.25, 0.3) is 0 Å². The van der Waals surface area contributed by atoms with E-state index in [4.69, 9.17) is 15.0 Å². The van der Waals surface area contributed by atoms with Crippen molar-refractivity contribution in [2.24, 2.45) is 0 Å². The van der Waals surface area contributed by atoms with Crippen LogP contribution in [0, 0.1) is 10.4 Å². The fraction of sp³-hybridized carbons (Fsp3) is 0. The van der Waals surface area contributed by atoms with Gasteiger partial charge in [0.15, 0.2) is 0 Å². The molecular formula is C15H14O3. The van der Waals surface area contributed by atoms with E-state index in [0.29, 0.717) is 0 Å². The molecule has 0 aromatic carbocycles. The van der Waals surface area contributed by atoms with Crippen LogP contribution >= 0.6 is 0 Å². The van der Waals surface area contributed by atoms with E-state index < -0.39 is 6.16 Å². The standard InChI is InChI=1S/C14H12.CH2O3/c1-2-6-10-14-12-8-4-3-7-11-13(14)9-5-1;2-1(3)4/h1-12H;(H2,2,3,4). The smallest absolute Gasteiger partial charge is 0.450 e. The molecule has 0 heterocycles. The van der Waals surface area contributed by atoms with Crippen molar-refractivity contribution in [3.05, 3.63) is 83.2 Å². The molecule has 0 atom stereocenters. The highest BCUT2D eigenvalue weighted by atomic mass is 16.6. The van der Waals surface area contributed by atoms with E-state index in [0.717, 1.165) is 0 Å². The van der Waals surface area contributed by atoms with Crippen LogP contribution in [0.2, 0.25) is 0 Å². The van der Waals surface area contributed by atoms with E-state index >= 15 is 0 Å². The lowest BCUT2D eigenvalue weighted by atomic mass is 10.2. The van der Waals surface area contributed by atoms with Crippen molar-refractivity contribution < 1.29 is 15.0 Å². The van der Waals surface area contributed by atoms with Gasteiger partial charge < -0.3 is 10.2 Å². The molecule has 0 fully saturated rings. The van der Waals surface area contributed by atoms with Gasteiger partial charge >= 0.3 is 6.16 Å². The van der Waals surface area contributed by atoms with Crippen molar-refractivity contribution >= 4 is 6.16 Å². The fourth-order valence-electron chi connectivity index (χ4n) is 1.39. The topological polar surface area (TPSA) is 57.5 Å². The lowest BCUT2D eigenvalue weighted by Gasteiger charge is -1.85. The van der Waals surface area contributed by atoms with Gasteiger partial charge in [0, 0.05) is 0 Å². The van der Waals surface area contributed by atoms with Gasteiger partial charge in [-0.15, -0.1) is 0 Å². The summed E-state index contributed by atoms with van der Waals surface area (Å²) in [6.07, 6.45) is -1.83. The van der Waals surface area contributed by atoms with Gasteiger partial charge in [0.1, 0.15) is 0 Å². The summed E-state index contributed by atoms with van der Waals surface area (Å²) in [6, 6.07) is 24.8. The first kappa shape index (κ1) is 13.5. The van der Waals surface area contributed by atoms with Crippen LogP contribution in [-0.2, 0) is 0 Å². The normalized spacial score (nSPS) is 8.67. The van der Waals surface area contributed by atoms with Crippen LogP contribution in [0.3, 0.4) is 0 Å². The minimum absolute atomic E-state index is 1.24. The van der Waals surface area contributed by atoms with Crippen LogP contribution in [0.5, 0.6) is 0 Å². The van der Waals surface area contributed by atoms with Gasteiger partial charge in [0.05, 0.1) is 0 Å². The van der Waals surface area contributed by atoms with E-state index in [1.807, 2.05) is 24.3 Å². The van der Waals surface area contributed by atoms with Gasteiger partial charge in [-0.25, -0.2) is 4.79 Å². The molecule has 2 aliphatic carbocycles. The third-order valence-corrected chi connectivity index (χ3v) is 2.10. The highest BCUT2D eigenvalue weighted by molar-refractivity contribution is 5.53. The summed E-state index contributed by atoms with van der Waals surface area (Å²) >= 11 is 0. The molecule has 2 aliphatic rings. The Morgan fingerprint density at radius 3 is 1.06 bits per heavy atom. The SMILES string of the molecule is O=C(O)O.c1cccc2ccccccc=2cc1. The van der Waals surface area contributed by atoms with Crippen molar-refractivity contribution in [1.29, 1.82) is 0 Å². The third-order valence-electron chi connectivity index (χ3n) is 2.10. The largest absolute Gasteiger partial charge is 0.503 e. The molecule has 0 saturated carbocycles. The lowest BCUT2D eigenvalue weighted by molar-refractivity contribution is 0.137. The van der Waals surface area contributed by atoms with E-state index in [-0.39, 0.29) is 0 Å². The first-order valence-electron chi connectivity index (χ1n) is 5.39. The molecule has 2 N–H and O–H groups in total. The molecule has 3 heteroatoms. The number of hydrogen-bond donors (Lipinski definition) is 2. The average molecular weight is 242 g/mol. The molecule has 0 amide bonds. The molecule has 0 aromatic rings. The highest BCUT2D eigenvalue weighted by Crippen LogP contribution is 1.95. The van der Waals surface area contributed by atoms with E-state index in [2.05, 4.69) is 48.5 Å². The fourth-order valence-corrected chi connectivity index (χ4v) is 1.39. The van der Waals surface area contributed by atoms with Crippen molar-refractivity contribution in [3.8, 4) is 0 Å². The zero-order valence-corrected chi connectivity index (χ0v) is 9.73. The minimum atomic E-state index is -1.83. The van der Waals surface area contributed by atoms with Gasteiger partial charge in [0.2, 0.25) is 0 Å². The van der Waals surface area contributed by atoms with Crippen molar-refractivity contribution in [3.63, 3.8) is 0 Å². The molecule has 92 valence electrons. The van der Waals surface area contributed by atoms with Crippen molar-refractivity contribution in [2.45, 2.75) is 0 Å². The first-order chi connectivity index (χ1) is 8.70. The van der Waals surface area contributed by atoms with Crippen molar-refractivity contribution in [2.75, 3.05) is 0 Å². The monoisotopic (exact) mass is 242 g/mol. The zero-order valence-electron chi connectivity index (χ0n) is 9.73. The van der Waals surface area contributed by atoms with Crippen LogP contribution in [0.4, 0.5) is 4.79 Å². The minimum Gasteiger partial charge on any atom is -0.450 e. The molecule has 2 rings (SSSR count). The molecule has 0 spiro atoms. The van der Waals surface area contributed by atoms with Gasteiger partial charge in [-0.3, -0.25) is 0 Å². The van der Waals surface area contributed by atoms with Crippen LogP contribution in [0.25, 0.3) is 0 Å². The molecule has 0 aliphatic heterocycles. The van der Waals surface area contributed by atoms with Crippen LogP contribution in [-0.4, -0.2) is 16.4 Å². The van der Waals surface area contributed by atoms with E-state index in [9.17, 15) is 0 Å². The zero-order chi connectivity index (χ0) is 13.2. The number of carboxylic acid groups (broad SMARTS) is 2.